The van der Waals surface area contributed by atoms with E-state index in [0.29, 0.717) is 53.3 Å². The van der Waals surface area contributed by atoms with Crippen LogP contribution in [0.2, 0.25) is 9.36 Å². The third-order valence-electron chi connectivity index (χ3n) is 6.91. The summed E-state index contributed by atoms with van der Waals surface area (Å²) in [6.07, 6.45) is 3.52. The monoisotopic (exact) mass is 493 g/mol. The van der Waals surface area contributed by atoms with Crippen LogP contribution in [0.25, 0.3) is 0 Å². The van der Waals surface area contributed by atoms with Crippen LogP contribution in [0.15, 0.2) is 24.4 Å². The molecule has 3 heterocycles. The lowest BCUT2D eigenvalue weighted by atomic mass is 9.81. The van der Waals surface area contributed by atoms with Gasteiger partial charge in [-0.3, -0.25) is 14.4 Å². The summed E-state index contributed by atoms with van der Waals surface area (Å²) < 4.78 is 0.539. The Balaban J connectivity index is 1.38. The van der Waals surface area contributed by atoms with Crippen molar-refractivity contribution in [1.29, 1.82) is 0 Å². The fourth-order valence-electron chi connectivity index (χ4n) is 4.91. The molecule has 1 atom stereocenters. The number of thiazole rings is 1. The third-order valence-corrected chi connectivity index (χ3v) is 8.26. The van der Waals surface area contributed by atoms with Crippen molar-refractivity contribution in [2.45, 2.75) is 37.5 Å². The number of carbonyl (C=O) groups excluding carboxylic acids is 2. The molecule has 1 spiro atoms. The molecule has 10 heteroatoms. The quantitative estimate of drug-likeness (QED) is 0.684. The molecule has 1 saturated heterocycles. The van der Waals surface area contributed by atoms with Crippen LogP contribution in [0.4, 0.5) is 5.69 Å². The molecule has 2 aliphatic heterocycles. The van der Waals surface area contributed by atoms with Crippen molar-refractivity contribution in [1.82, 2.24) is 9.88 Å². The molecule has 1 unspecified atom stereocenters. The predicted molar refractivity (Wildman–Crippen MR) is 121 cm³/mol. The molecule has 1 aromatic heterocycles. The molecule has 2 aromatic rings. The summed E-state index contributed by atoms with van der Waals surface area (Å²) in [5, 5.41) is 10.7. The summed E-state index contributed by atoms with van der Waals surface area (Å²) in [4.78, 5) is 45.3. The highest BCUT2D eigenvalue weighted by Gasteiger charge is 2.54. The van der Waals surface area contributed by atoms with Crippen LogP contribution in [0.3, 0.4) is 0 Å². The van der Waals surface area contributed by atoms with E-state index in [1.54, 1.807) is 15.9 Å². The van der Waals surface area contributed by atoms with Gasteiger partial charge in [0.2, 0.25) is 11.8 Å². The molecule has 7 nitrogen and oxygen atoms in total. The lowest BCUT2D eigenvalue weighted by molar-refractivity contribution is -0.147. The molecule has 168 valence electrons. The second kappa shape index (κ2) is 7.71. The van der Waals surface area contributed by atoms with Crippen molar-refractivity contribution < 1.29 is 19.5 Å². The van der Waals surface area contributed by atoms with E-state index >= 15 is 0 Å². The van der Waals surface area contributed by atoms with Gasteiger partial charge in [0.15, 0.2) is 0 Å². The second-order valence-corrected chi connectivity index (χ2v) is 11.2. The van der Waals surface area contributed by atoms with Gasteiger partial charge in [-0.1, -0.05) is 23.2 Å². The van der Waals surface area contributed by atoms with Gasteiger partial charge in [0.05, 0.1) is 18.0 Å². The van der Waals surface area contributed by atoms with Crippen molar-refractivity contribution in [2.75, 3.05) is 24.5 Å². The van der Waals surface area contributed by atoms with Crippen molar-refractivity contribution in [3.63, 3.8) is 0 Å². The molecule has 32 heavy (non-hydrogen) atoms. The number of hydrogen-bond donors (Lipinski definition) is 1. The van der Waals surface area contributed by atoms with E-state index in [1.165, 1.54) is 17.5 Å². The van der Waals surface area contributed by atoms with Crippen molar-refractivity contribution in [3.8, 4) is 0 Å². The zero-order chi connectivity index (χ0) is 22.7. The van der Waals surface area contributed by atoms with Gasteiger partial charge in [-0.2, -0.15) is 0 Å². The Labute approximate surface area is 198 Å². The first kappa shape index (κ1) is 21.7. The molecule has 1 aromatic carbocycles. The zero-order valence-electron chi connectivity index (χ0n) is 17.1. The number of carboxylic acids is 1. The maximum Gasteiger partial charge on any atom is 0.310 e. The number of aromatic nitrogens is 1. The number of hydrogen-bond acceptors (Lipinski definition) is 5. The van der Waals surface area contributed by atoms with E-state index in [4.69, 9.17) is 23.2 Å². The average molecular weight is 494 g/mol. The van der Waals surface area contributed by atoms with Crippen LogP contribution in [0, 0.1) is 5.41 Å². The average Bonchev–Trinajstić information content (AvgIpc) is 3.08. The molecule has 1 N–H and O–H groups in total. The van der Waals surface area contributed by atoms with E-state index in [9.17, 15) is 19.5 Å². The maximum absolute atomic E-state index is 13.2. The topological polar surface area (TPSA) is 90.8 Å². The first-order valence-electron chi connectivity index (χ1n) is 10.4. The molecule has 2 amide bonds. The van der Waals surface area contributed by atoms with Crippen molar-refractivity contribution in [3.05, 3.63) is 44.3 Å². The molecule has 3 aliphatic rings. The lowest BCUT2D eigenvalue weighted by Crippen LogP contribution is -2.41. The van der Waals surface area contributed by atoms with Gasteiger partial charge < -0.3 is 14.9 Å². The SMILES string of the molecule is O=C(CC1(C(=O)O)CC1)N1CCC2(C1)CN(C(=O)Cc1ncc(Cl)s1)c1ccc(Cl)cc12. The highest BCUT2D eigenvalue weighted by molar-refractivity contribution is 7.15. The Morgan fingerprint density at radius 2 is 1.91 bits per heavy atom. The highest BCUT2D eigenvalue weighted by Crippen LogP contribution is 2.51. The number of carboxylic acid groups (broad SMARTS) is 1. The van der Waals surface area contributed by atoms with Crippen LogP contribution in [0.5, 0.6) is 0 Å². The number of anilines is 1. The van der Waals surface area contributed by atoms with Gasteiger partial charge in [-0.15, -0.1) is 11.3 Å². The van der Waals surface area contributed by atoms with Gasteiger partial charge in [-0.25, -0.2) is 4.98 Å². The number of benzene rings is 1. The fourth-order valence-corrected chi connectivity index (χ4v) is 6.03. The van der Waals surface area contributed by atoms with Gasteiger partial charge in [-0.05, 0) is 43.0 Å². The van der Waals surface area contributed by atoms with E-state index in [1.807, 2.05) is 12.1 Å². The first-order chi connectivity index (χ1) is 15.2. The van der Waals surface area contributed by atoms with Crippen molar-refractivity contribution >= 4 is 58.0 Å². The number of rotatable bonds is 5. The molecule has 2 fully saturated rings. The molecular formula is C22H21Cl2N3O4S. The molecule has 1 aliphatic carbocycles. The van der Waals surface area contributed by atoms with Gasteiger partial charge >= 0.3 is 5.97 Å². The number of fused-ring (bicyclic) bond motifs is 2. The maximum atomic E-state index is 13.2. The van der Waals surface area contributed by atoms with Gasteiger partial charge in [0.25, 0.3) is 0 Å². The molecule has 5 rings (SSSR count). The Hall–Kier alpha value is -2.16. The molecular weight excluding hydrogens is 473 g/mol. The van der Waals surface area contributed by atoms with Crippen LogP contribution in [-0.4, -0.2) is 52.4 Å². The van der Waals surface area contributed by atoms with Crippen LogP contribution in [0.1, 0.15) is 36.3 Å². The molecule has 0 bridgehead atoms. The van der Waals surface area contributed by atoms with Crippen molar-refractivity contribution in [2.24, 2.45) is 5.41 Å². The van der Waals surface area contributed by atoms with Crippen LogP contribution < -0.4 is 4.90 Å². The summed E-state index contributed by atoms with van der Waals surface area (Å²) in [6, 6.07) is 5.51. The zero-order valence-corrected chi connectivity index (χ0v) is 19.5. The third kappa shape index (κ3) is 3.68. The normalized spacial score (nSPS) is 22.9. The lowest BCUT2D eigenvalue weighted by Gasteiger charge is -2.26. The van der Waals surface area contributed by atoms with Crippen LogP contribution in [-0.2, 0) is 26.2 Å². The second-order valence-electron chi connectivity index (χ2n) is 8.98. The minimum absolute atomic E-state index is 0.0360. The number of nitrogens with zero attached hydrogens (tertiary/aromatic N) is 3. The summed E-state index contributed by atoms with van der Waals surface area (Å²) >= 11 is 13.5. The van der Waals surface area contributed by atoms with E-state index in [0.717, 1.165) is 11.3 Å². The fraction of sp³-hybridized carbons (Fsp3) is 0.455. The van der Waals surface area contributed by atoms with E-state index < -0.39 is 16.8 Å². The van der Waals surface area contributed by atoms with Crippen LogP contribution >= 0.6 is 34.5 Å². The standard InChI is InChI=1S/C22H21Cl2N3O4S/c23-13-1-2-15-14(7-13)22(12-27(15)18(28)8-17-25-10-16(24)32-17)5-6-26(11-22)19(29)9-21(3-4-21)20(30)31/h1-2,7,10H,3-6,8-9,11-12H2,(H,30,31). The number of amides is 2. The largest absolute Gasteiger partial charge is 0.481 e. The Kier molecular flexibility index (Phi) is 5.22. The van der Waals surface area contributed by atoms with Gasteiger partial charge in [0.1, 0.15) is 9.34 Å². The van der Waals surface area contributed by atoms with Gasteiger partial charge in [0, 0.05) is 42.2 Å². The molecule has 1 saturated carbocycles. The predicted octanol–water partition coefficient (Wildman–Crippen LogP) is 3.76. The molecule has 0 radical (unpaired) electrons. The summed E-state index contributed by atoms with van der Waals surface area (Å²) in [6.45, 7) is 1.43. The minimum Gasteiger partial charge on any atom is -0.481 e. The highest BCUT2D eigenvalue weighted by atomic mass is 35.5. The Morgan fingerprint density at radius 1 is 1.12 bits per heavy atom. The minimum atomic E-state index is -0.892. The smallest absolute Gasteiger partial charge is 0.310 e. The van der Waals surface area contributed by atoms with E-state index in [-0.39, 0.29) is 24.7 Å². The number of halogens is 2. The van der Waals surface area contributed by atoms with E-state index in [2.05, 4.69) is 4.98 Å². The summed E-state index contributed by atoms with van der Waals surface area (Å²) in [7, 11) is 0. The Bertz CT molecular complexity index is 1130. The summed E-state index contributed by atoms with van der Waals surface area (Å²) in [5.74, 6) is -1.10. The number of likely N-dealkylation sites (tertiary alicyclic amines) is 1. The number of aliphatic carboxylic acids is 1. The summed E-state index contributed by atoms with van der Waals surface area (Å²) in [5.41, 5.74) is 0.470. The Morgan fingerprint density at radius 3 is 2.56 bits per heavy atom. The first-order valence-corrected chi connectivity index (χ1v) is 12.0. The number of carbonyl (C=O) groups is 3.